The molecule has 4 rings (SSSR count). The lowest BCUT2D eigenvalue weighted by Gasteiger charge is -2.58. The monoisotopic (exact) mass is 180 g/mol. The van der Waals surface area contributed by atoms with Crippen LogP contribution in [-0.4, -0.2) is 11.7 Å². The maximum atomic E-state index is 6.00. The Labute approximate surface area is 80.8 Å². The van der Waals surface area contributed by atoms with Gasteiger partial charge in [-0.3, -0.25) is 0 Å². The highest BCUT2D eigenvalue weighted by Gasteiger charge is 2.73. The topological polar surface area (TPSA) is 12.5 Å². The van der Waals surface area contributed by atoms with Gasteiger partial charge in [-0.1, -0.05) is 27.2 Å². The summed E-state index contributed by atoms with van der Waals surface area (Å²) >= 11 is 0. The first-order chi connectivity index (χ1) is 6.11. The van der Waals surface area contributed by atoms with Gasteiger partial charge in [-0.15, -0.1) is 0 Å². The Morgan fingerprint density at radius 2 is 2.08 bits per heavy atom. The van der Waals surface area contributed by atoms with Gasteiger partial charge in [0.2, 0.25) is 0 Å². The molecular weight excluding hydrogens is 160 g/mol. The molecule has 3 aliphatic carbocycles. The molecular formula is C12H20O. The number of hydrogen-bond acceptors (Lipinski definition) is 1. The molecule has 0 amide bonds. The van der Waals surface area contributed by atoms with Crippen molar-refractivity contribution >= 4 is 0 Å². The number of hydrogen-bond donors (Lipinski definition) is 0. The Morgan fingerprint density at radius 3 is 2.69 bits per heavy atom. The summed E-state index contributed by atoms with van der Waals surface area (Å²) in [4.78, 5) is 0. The molecule has 2 bridgehead atoms. The second-order valence-corrected chi connectivity index (χ2v) is 5.85. The van der Waals surface area contributed by atoms with Gasteiger partial charge < -0.3 is 4.74 Å². The predicted octanol–water partition coefficient (Wildman–Crippen LogP) is 2.99. The van der Waals surface area contributed by atoms with E-state index >= 15 is 0 Å². The third-order valence-electron chi connectivity index (χ3n) is 5.05. The quantitative estimate of drug-likeness (QED) is 0.595. The first kappa shape index (κ1) is 8.28. The Balaban J connectivity index is 1.86. The van der Waals surface area contributed by atoms with Gasteiger partial charge in [-0.2, -0.15) is 0 Å². The molecule has 4 unspecified atom stereocenters. The second kappa shape index (κ2) is 2.13. The molecule has 0 radical (unpaired) electrons. The van der Waals surface area contributed by atoms with Crippen molar-refractivity contribution in [2.45, 2.75) is 58.2 Å². The van der Waals surface area contributed by atoms with E-state index in [2.05, 4.69) is 20.8 Å². The summed E-state index contributed by atoms with van der Waals surface area (Å²) in [6, 6.07) is 0. The van der Waals surface area contributed by atoms with Gasteiger partial charge >= 0.3 is 0 Å². The fourth-order valence-electron chi connectivity index (χ4n) is 4.07. The van der Waals surface area contributed by atoms with E-state index < -0.39 is 0 Å². The Bertz CT molecular complexity index is 246. The van der Waals surface area contributed by atoms with Crippen molar-refractivity contribution in [1.82, 2.24) is 0 Å². The fraction of sp³-hybridized carbons (Fsp3) is 1.00. The molecule has 4 atom stereocenters. The van der Waals surface area contributed by atoms with Crippen LogP contribution in [0.15, 0.2) is 0 Å². The molecule has 1 heterocycles. The average Bonchev–Trinajstić information content (AvgIpc) is 2.77. The van der Waals surface area contributed by atoms with Crippen LogP contribution in [-0.2, 0) is 4.74 Å². The van der Waals surface area contributed by atoms with Crippen molar-refractivity contribution in [2.75, 3.05) is 0 Å². The molecule has 13 heavy (non-hydrogen) atoms. The molecule has 1 heteroatoms. The van der Waals surface area contributed by atoms with E-state index in [9.17, 15) is 0 Å². The lowest BCUT2D eigenvalue weighted by Crippen LogP contribution is -2.57. The summed E-state index contributed by atoms with van der Waals surface area (Å²) in [7, 11) is 0. The van der Waals surface area contributed by atoms with Crippen molar-refractivity contribution in [3.63, 3.8) is 0 Å². The number of ether oxygens (including phenoxy) is 1. The van der Waals surface area contributed by atoms with E-state index in [-0.39, 0.29) is 0 Å². The summed E-state index contributed by atoms with van der Waals surface area (Å²) in [5, 5.41) is 0. The summed E-state index contributed by atoms with van der Waals surface area (Å²) in [5.74, 6) is 1.85. The van der Waals surface area contributed by atoms with Crippen LogP contribution in [0.5, 0.6) is 0 Å². The molecule has 1 aliphatic heterocycles. The number of epoxide rings is 1. The van der Waals surface area contributed by atoms with Gasteiger partial charge in [0.1, 0.15) is 0 Å². The van der Waals surface area contributed by atoms with Crippen LogP contribution in [0.1, 0.15) is 46.5 Å². The molecule has 1 saturated heterocycles. The molecule has 74 valence electrons. The highest BCUT2D eigenvalue weighted by Crippen LogP contribution is 2.71. The summed E-state index contributed by atoms with van der Waals surface area (Å²) in [5.41, 5.74) is 0.940. The molecule has 1 nitrogen and oxygen atoms in total. The summed E-state index contributed by atoms with van der Waals surface area (Å²) < 4.78 is 6.00. The van der Waals surface area contributed by atoms with Crippen LogP contribution >= 0.6 is 0 Å². The highest BCUT2D eigenvalue weighted by molar-refractivity contribution is 5.22. The zero-order valence-corrected chi connectivity index (χ0v) is 8.97. The molecule has 0 aromatic carbocycles. The van der Waals surface area contributed by atoms with E-state index in [0.29, 0.717) is 17.1 Å². The minimum absolute atomic E-state index is 0.354. The van der Waals surface area contributed by atoms with Gasteiger partial charge in [0, 0.05) is 0 Å². The van der Waals surface area contributed by atoms with Crippen LogP contribution in [0.3, 0.4) is 0 Å². The van der Waals surface area contributed by atoms with Gasteiger partial charge in [-0.05, 0) is 36.5 Å². The van der Waals surface area contributed by atoms with Crippen molar-refractivity contribution in [2.24, 2.45) is 17.3 Å². The maximum absolute atomic E-state index is 6.00. The second-order valence-electron chi connectivity index (χ2n) is 5.85. The molecule has 0 spiro atoms. The molecule has 4 aliphatic rings. The summed E-state index contributed by atoms with van der Waals surface area (Å²) in [6.45, 7) is 7.17. The minimum Gasteiger partial charge on any atom is -0.366 e. The van der Waals surface area contributed by atoms with Crippen molar-refractivity contribution < 1.29 is 4.74 Å². The zero-order chi connectivity index (χ0) is 9.27. The van der Waals surface area contributed by atoms with E-state index in [1.165, 1.54) is 25.7 Å². The van der Waals surface area contributed by atoms with Crippen molar-refractivity contribution in [1.29, 1.82) is 0 Å². The Hall–Kier alpha value is -0.0400. The van der Waals surface area contributed by atoms with Gasteiger partial charge in [0.25, 0.3) is 0 Å². The molecule has 4 fully saturated rings. The third kappa shape index (κ3) is 0.782. The van der Waals surface area contributed by atoms with E-state index in [4.69, 9.17) is 4.74 Å². The fourth-order valence-corrected chi connectivity index (χ4v) is 4.07. The van der Waals surface area contributed by atoms with Gasteiger partial charge in [0.05, 0.1) is 11.7 Å². The largest absolute Gasteiger partial charge is 0.366 e. The van der Waals surface area contributed by atoms with Crippen LogP contribution < -0.4 is 0 Å². The van der Waals surface area contributed by atoms with E-state index in [1.807, 2.05) is 0 Å². The van der Waals surface area contributed by atoms with Crippen LogP contribution in [0.25, 0.3) is 0 Å². The lowest BCUT2D eigenvalue weighted by molar-refractivity contribution is -0.0866. The SMILES string of the molecule is CCCC12OC1CC1CC2C1(C)C. The molecule has 3 saturated carbocycles. The van der Waals surface area contributed by atoms with Gasteiger partial charge in [0.15, 0.2) is 0 Å². The lowest BCUT2D eigenvalue weighted by atomic mass is 9.45. The van der Waals surface area contributed by atoms with E-state index in [0.717, 1.165) is 11.8 Å². The van der Waals surface area contributed by atoms with Crippen molar-refractivity contribution in [3.8, 4) is 0 Å². The smallest absolute Gasteiger partial charge is 0.0981 e. The highest BCUT2D eigenvalue weighted by atomic mass is 16.6. The van der Waals surface area contributed by atoms with Gasteiger partial charge in [-0.25, -0.2) is 0 Å². The summed E-state index contributed by atoms with van der Waals surface area (Å²) in [6.07, 6.45) is 6.04. The van der Waals surface area contributed by atoms with Crippen molar-refractivity contribution in [3.05, 3.63) is 0 Å². The third-order valence-corrected chi connectivity index (χ3v) is 5.05. The first-order valence-corrected chi connectivity index (χ1v) is 5.79. The number of rotatable bonds is 2. The molecule has 0 aromatic heterocycles. The van der Waals surface area contributed by atoms with Crippen LogP contribution in [0.2, 0.25) is 0 Å². The average molecular weight is 180 g/mol. The first-order valence-electron chi connectivity index (χ1n) is 5.79. The normalized spacial score (nSPS) is 55.2. The Kier molecular flexibility index (Phi) is 1.36. The minimum atomic E-state index is 0.354. The van der Waals surface area contributed by atoms with E-state index in [1.54, 1.807) is 0 Å². The van der Waals surface area contributed by atoms with Crippen LogP contribution in [0.4, 0.5) is 0 Å². The molecule has 0 aromatic rings. The predicted molar refractivity (Wildman–Crippen MR) is 52.5 cm³/mol. The maximum Gasteiger partial charge on any atom is 0.0981 e. The van der Waals surface area contributed by atoms with Crippen LogP contribution in [0, 0.1) is 17.3 Å². The zero-order valence-electron chi connectivity index (χ0n) is 8.97. The Morgan fingerprint density at radius 1 is 1.31 bits per heavy atom. The molecule has 0 N–H and O–H groups in total. The standard InChI is InChI=1S/C12H20O/c1-4-5-12-9-6-8(11(9,2)3)7-10(12)13-12/h8-10H,4-7H2,1-3H3.